The van der Waals surface area contributed by atoms with Crippen LogP contribution in [0.2, 0.25) is 5.02 Å². The first-order chi connectivity index (χ1) is 9.40. The predicted octanol–water partition coefficient (Wildman–Crippen LogP) is 0.681. The number of piperidine rings is 1. The highest BCUT2D eigenvalue weighted by atomic mass is 35.5. The van der Waals surface area contributed by atoms with E-state index in [1.54, 1.807) is 12.1 Å². The largest absolute Gasteiger partial charge is 0.481 e. The first-order valence-corrected chi connectivity index (χ1v) is 7.96. The van der Waals surface area contributed by atoms with E-state index in [4.69, 9.17) is 16.7 Å². The minimum absolute atomic E-state index is 0.000819. The number of carbonyl (C=O) groups is 1. The molecule has 6 nitrogen and oxygen atoms in total. The van der Waals surface area contributed by atoms with E-state index in [2.05, 4.69) is 10.0 Å². The summed E-state index contributed by atoms with van der Waals surface area (Å²) in [5.74, 6) is -1.53. The van der Waals surface area contributed by atoms with Gasteiger partial charge in [0.1, 0.15) is 4.90 Å². The van der Waals surface area contributed by atoms with Gasteiger partial charge in [-0.3, -0.25) is 4.79 Å². The van der Waals surface area contributed by atoms with E-state index in [1.807, 2.05) is 0 Å². The van der Waals surface area contributed by atoms with Crippen molar-refractivity contribution in [2.45, 2.75) is 17.4 Å². The second kappa shape index (κ2) is 6.09. The molecule has 8 heteroatoms. The van der Waals surface area contributed by atoms with Crippen molar-refractivity contribution >= 4 is 27.6 Å². The molecule has 0 spiro atoms. The van der Waals surface area contributed by atoms with Crippen molar-refractivity contribution in [2.24, 2.45) is 5.92 Å². The van der Waals surface area contributed by atoms with E-state index in [0.717, 1.165) is 0 Å². The molecule has 0 aromatic heterocycles. The lowest BCUT2D eigenvalue weighted by Crippen LogP contribution is -2.50. The molecule has 0 bridgehead atoms. The molecular weight excluding hydrogens is 304 g/mol. The maximum atomic E-state index is 12.2. The molecule has 20 heavy (non-hydrogen) atoms. The summed E-state index contributed by atoms with van der Waals surface area (Å²) in [5, 5.41) is 12.0. The molecule has 2 atom stereocenters. The maximum Gasteiger partial charge on any atom is 0.307 e. The Balaban J connectivity index is 2.13. The molecule has 110 valence electrons. The van der Waals surface area contributed by atoms with Gasteiger partial charge < -0.3 is 10.4 Å². The molecule has 0 saturated carbocycles. The van der Waals surface area contributed by atoms with Crippen molar-refractivity contribution in [3.05, 3.63) is 29.3 Å². The van der Waals surface area contributed by atoms with Crippen molar-refractivity contribution in [1.82, 2.24) is 10.0 Å². The number of halogens is 1. The van der Waals surface area contributed by atoms with Gasteiger partial charge >= 0.3 is 5.97 Å². The average molecular weight is 319 g/mol. The first kappa shape index (κ1) is 15.2. The quantitative estimate of drug-likeness (QED) is 0.759. The molecule has 1 fully saturated rings. The second-order valence-corrected chi connectivity index (χ2v) is 6.77. The van der Waals surface area contributed by atoms with Gasteiger partial charge in [-0.05, 0) is 18.6 Å². The number of hydrogen-bond acceptors (Lipinski definition) is 4. The Kier molecular flexibility index (Phi) is 4.64. The summed E-state index contributed by atoms with van der Waals surface area (Å²) in [5.41, 5.74) is 0. The fourth-order valence-corrected chi connectivity index (χ4v) is 3.93. The van der Waals surface area contributed by atoms with Gasteiger partial charge in [0.05, 0.1) is 10.9 Å². The summed E-state index contributed by atoms with van der Waals surface area (Å²) >= 11 is 5.88. The molecular formula is C12H15ClN2O4S. The molecule has 1 saturated heterocycles. The van der Waals surface area contributed by atoms with Gasteiger partial charge in [-0.2, -0.15) is 0 Å². The van der Waals surface area contributed by atoms with Crippen molar-refractivity contribution in [2.75, 3.05) is 13.1 Å². The monoisotopic (exact) mass is 318 g/mol. The van der Waals surface area contributed by atoms with Crippen LogP contribution < -0.4 is 10.0 Å². The molecule has 1 aromatic carbocycles. The van der Waals surface area contributed by atoms with E-state index < -0.39 is 28.0 Å². The van der Waals surface area contributed by atoms with Crippen molar-refractivity contribution in [3.8, 4) is 0 Å². The highest BCUT2D eigenvalue weighted by molar-refractivity contribution is 7.89. The zero-order valence-electron chi connectivity index (χ0n) is 10.5. The van der Waals surface area contributed by atoms with Crippen LogP contribution in [0.3, 0.4) is 0 Å². The molecule has 1 aliphatic heterocycles. The third kappa shape index (κ3) is 3.49. The van der Waals surface area contributed by atoms with Gasteiger partial charge in [0.2, 0.25) is 10.0 Å². The fraction of sp³-hybridized carbons (Fsp3) is 0.417. The lowest BCUT2D eigenvalue weighted by atomic mass is 9.97. The molecule has 0 aliphatic carbocycles. The highest BCUT2D eigenvalue weighted by Crippen LogP contribution is 2.21. The van der Waals surface area contributed by atoms with Crippen LogP contribution in [0.4, 0.5) is 0 Å². The van der Waals surface area contributed by atoms with Crippen LogP contribution in [0.15, 0.2) is 29.2 Å². The Morgan fingerprint density at radius 3 is 2.70 bits per heavy atom. The minimum atomic E-state index is -3.75. The Hall–Kier alpha value is -1.15. The van der Waals surface area contributed by atoms with E-state index in [1.165, 1.54) is 12.1 Å². The molecule has 0 amide bonds. The van der Waals surface area contributed by atoms with E-state index >= 15 is 0 Å². The zero-order valence-corrected chi connectivity index (χ0v) is 12.1. The molecule has 2 unspecified atom stereocenters. The molecule has 1 heterocycles. The summed E-state index contributed by atoms with van der Waals surface area (Å²) in [7, 11) is -3.75. The van der Waals surface area contributed by atoms with Crippen molar-refractivity contribution in [1.29, 1.82) is 0 Å². The Labute approximate surface area is 122 Å². The van der Waals surface area contributed by atoms with Gasteiger partial charge in [-0.15, -0.1) is 0 Å². The van der Waals surface area contributed by atoms with E-state index in [-0.39, 0.29) is 16.3 Å². The van der Waals surface area contributed by atoms with Crippen LogP contribution in [0.1, 0.15) is 6.42 Å². The standard InChI is InChI=1S/C12H15ClN2O4S/c13-10-3-1-2-4-11(10)20(18,19)15-9-5-8(12(16)17)6-14-7-9/h1-4,8-9,14-15H,5-7H2,(H,16,17). The topological polar surface area (TPSA) is 95.5 Å². The third-order valence-electron chi connectivity index (χ3n) is 3.15. The van der Waals surface area contributed by atoms with Crippen LogP contribution in [0.5, 0.6) is 0 Å². The number of benzene rings is 1. The third-order valence-corrected chi connectivity index (χ3v) is 5.17. The van der Waals surface area contributed by atoms with E-state index in [0.29, 0.717) is 13.1 Å². The summed E-state index contributed by atoms with van der Waals surface area (Å²) in [6, 6.07) is 5.67. The number of nitrogens with one attached hydrogen (secondary N) is 2. The number of carboxylic acids is 1. The summed E-state index contributed by atoms with van der Waals surface area (Å²) in [4.78, 5) is 11.0. The van der Waals surface area contributed by atoms with Gasteiger partial charge in [-0.1, -0.05) is 23.7 Å². The normalized spacial score (nSPS) is 23.4. The summed E-state index contributed by atoms with van der Waals surface area (Å²) in [6.45, 7) is 0.743. The van der Waals surface area contributed by atoms with Crippen LogP contribution in [-0.2, 0) is 14.8 Å². The van der Waals surface area contributed by atoms with Gasteiger partial charge in [0, 0.05) is 19.1 Å². The lowest BCUT2D eigenvalue weighted by molar-refractivity contribution is -0.142. The number of hydrogen-bond donors (Lipinski definition) is 3. The van der Waals surface area contributed by atoms with Crippen molar-refractivity contribution < 1.29 is 18.3 Å². The first-order valence-electron chi connectivity index (χ1n) is 6.10. The molecule has 0 radical (unpaired) electrons. The van der Waals surface area contributed by atoms with Crippen LogP contribution in [0, 0.1) is 5.92 Å². The number of carboxylic acid groups (broad SMARTS) is 1. The number of rotatable bonds is 4. The minimum Gasteiger partial charge on any atom is -0.481 e. The van der Waals surface area contributed by atoms with Crippen LogP contribution in [0.25, 0.3) is 0 Å². The van der Waals surface area contributed by atoms with Crippen molar-refractivity contribution in [3.63, 3.8) is 0 Å². The summed E-state index contributed by atoms with van der Waals surface area (Å²) in [6.07, 6.45) is 0.256. The zero-order chi connectivity index (χ0) is 14.8. The Bertz CT molecular complexity index is 605. The van der Waals surface area contributed by atoms with E-state index in [9.17, 15) is 13.2 Å². The average Bonchev–Trinajstić information content (AvgIpc) is 2.38. The lowest BCUT2D eigenvalue weighted by Gasteiger charge is -2.28. The molecule has 1 aromatic rings. The van der Waals surface area contributed by atoms with Crippen LogP contribution >= 0.6 is 11.6 Å². The second-order valence-electron chi connectivity index (χ2n) is 4.68. The highest BCUT2D eigenvalue weighted by Gasteiger charge is 2.30. The number of sulfonamides is 1. The van der Waals surface area contributed by atoms with Crippen LogP contribution in [-0.4, -0.2) is 38.6 Å². The molecule has 2 rings (SSSR count). The smallest absolute Gasteiger partial charge is 0.307 e. The Morgan fingerprint density at radius 1 is 1.35 bits per heavy atom. The summed E-state index contributed by atoms with van der Waals surface area (Å²) < 4.78 is 27.0. The maximum absolute atomic E-state index is 12.2. The van der Waals surface area contributed by atoms with Gasteiger partial charge in [-0.25, -0.2) is 13.1 Å². The fourth-order valence-electron chi connectivity index (χ4n) is 2.17. The van der Waals surface area contributed by atoms with Gasteiger partial charge in [0.15, 0.2) is 0 Å². The van der Waals surface area contributed by atoms with Gasteiger partial charge in [0.25, 0.3) is 0 Å². The number of aliphatic carboxylic acids is 1. The molecule has 1 aliphatic rings. The predicted molar refractivity (Wildman–Crippen MR) is 74.2 cm³/mol. The molecule has 3 N–H and O–H groups in total. The Morgan fingerprint density at radius 2 is 2.05 bits per heavy atom. The SMILES string of the molecule is O=C(O)C1CNCC(NS(=O)(=O)c2ccccc2Cl)C1.